The van der Waals surface area contributed by atoms with E-state index in [0.717, 1.165) is 69.6 Å². The van der Waals surface area contributed by atoms with Crippen molar-refractivity contribution in [2.24, 2.45) is 11.8 Å². The molecule has 0 radical (unpaired) electrons. The molecule has 0 amide bonds. The number of carbonyl (C=O) groups excluding carboxylic acids is 3. The van der Waals surface area contributed by atoms with E-state index in [2.05, 4.69) is 34.6 Å². The highest BCUT2D eigenvalue weighted by molar-refractivity contribution is 5.71. The van der Waals surface area contributed by atoms with E-state index in [1.807, 2.05) is 0 Å². The second kappa shape index (κ2) is 54.7. The minimum atomic E-state index is -0.763. The zero-order valence-electron chi connectivity index (χ0n) is 46.7. The van der Waals surface area contributed by atoms with Gasteiger partial charge in [0, 0.05) is 19.3 Å². The lowest BCUT2D eigenvalue weighted by atomic mass is 9.99. The summed E-state index contributed by atoms with van der Waals surface area (Å²) in [6.07, 6.45) is 59.4. The number of rotatable bonds is 56. The molecule has 0 aromatic rings. The molecule has 3 atom stereocenters. The van der Waals surface area contributed by atoms with E-state index in [9.17, 15) is 14.4 Å². The number of esters is 3. The molecular formula is C62H120O6. The Morgan fingerprint density at radius 2 is 0.515 bits per heavy atom. The Morgan fingerprint density at radius 1 is 0.294 bits per heavy atom. The molecule has 68 heavy (non-hydrogen) atoms. The Labute approximate surface area is 425 Å². The van der Waals surface area contributed by atoms with E-state index >= 15 is 0 Å². The first-order valence-corrected chi connectivity index (χ1v) is 30.8. The van der Waals surface area contributed by atoms with E-state index in [1.165, 1.54) is 238 Å². The van der Waals surface area contributed by atoms with Crippen LogP contribution in [0.3, 0.4) is 0 Å². The number of unbranched alkanes of at least 4 members (excludes halogenated alkanes) is 39. The van der Waals surface area contributed by atoms with Crippen molar-refractivity contribution < 1.29 is 28.6 Å². The summed E-state index contributed by atoms with van der Waals surface area (Å²) in [5, 5.41) is 0. The lowest BCUT2D eigenvalue weighted by Crippen LogP contribution is -2.30. The molecule has 0 bridgehead atoms. The number of hydrogen-bond acceptors (Lipinski definition) is 6. The highest BCUT2D eigenvalue weighted by Crippen LogP contribution is 2.19. The molecule has 0 heterocycles. The fourth-order valence-electron chi connectivity index (χ4n) is 9.52. The van der Waals surface area contributed by atoms with Crippen molar-refractivity contribution in [3.8, 4) is 0 Å². The van der Waals surface area contributed by atoms with Gasteiger partial charge in [0.25, 0.3) is 0 Å². The van der Waals surface area contributed by atoms with Crippen LogP contribution in [0.4, 0.5) is 0 Å². The van der Waals surface area contributed by atoms with Gasteiger partial charge in [0.05, 0.1) is 0 Å². The van der Waals surface area contributed by atoms with Crippen molar-refractivity contribution in [3.05, 3.63) is 0 Å². The second-order valence-corrected chi connectivity index (χ2v) is 21.8. The van der Waals surface area contributed by atoms with Crippen LogP contribution < -0.4 is 0 Å². The van der Waals surface area contributed by atoms with Crippen molar-refractivity contribution in [3.63, 3.8) is 0 Å². The van der Waals surface area contributed by atoms with Gasteiger partial charge in [-0.1, -0.05) is 311 Å². The van der Waals surface area contributed by atoms with E-state index in [1.54, 1.807) is 0 Å². The Bertz CT molecular complexity index is 1040. The summed E-state index contributed by atoms with van der Waals surface area (Å²) in [5.41, 5.74) is 0. The van der Waals surface area contributed by atoms with Crippen LogP contribution in [0.15, 0.2) is 0 Å². The first-order valence-electron chi connectivity index (χ1n) is 30.8. The van der Waals surface area contributed by atoms with E-state index < -0.39 is 6.10 Å². The van der Waals surface area contributed by atoms with Crippen LogP contribution in [0.2, 0.25) is 0 Å². The zero-order valence-corrected chi connectivity index (χ0v) is 46.7. The van der Waals surface area contributed by atoms with E-state index in [-0.39, 0.29) is 31.1 Å². The Hall–Kier alpha value is -1.59. The van der Waals surface area contributed by atoms with Crippen LogP contribution in [-0.4, -0.2) is 37.2 Å². The van der Waals surface area contributed by atoms with Gasteiger partial charge in [-0.15, -0.1) is 0 Å². The topological polar surface area (TPSA) is 78.9 Å². The molecule has 2 unspecified atom stereocenters. The quantitative estimate of drug-likeness (QED) is 0.0343. The van der Waals surface area contributed by atoms with E-state index in [4.69, 9.17) is 14.2 Å². The van der Waals surface area contributed by atoms with Crippen molar-refractivity contribution in [1.82, 2.24) is 0 Å². The molecule has 0 rings (SSSR count). The van der Waals surface area contributed by atoms with Gasteiger partial charge >= 0.3 is 17.9 Å². The molecule has 404 valence electrons. The predicted molar refractivity (Wildman–Crippen MR) is 293 cm³/mol. The number of ether oxygens (including phenoxy) is 3. The van der Waals surface area contributed by atoms with Crippen molar-refractivity contribution >= 4 is 17.9 Å². The van der Waals surface area contributed by atoms with Gasteiger partial charge in [0.1, 0.15) is 13.2 Å². The maximum absolute atomic E-state index is 12.9. The lowest BCUT2D eigenvalue weighted by Gasteiger charge is -2.18. The fraction of sp³-hybridized carbons (Fsp3) is 0.952. The van der Waals surface area contributed by atoms with Crippen LogP contribution in [0, 0.1) is 11.8 Å². The Kier molecular flexibility index (Phi) is 53.5. The van der Waals surface area contributed by atoms with Crippen molar-refractivity contribution in [1.29, 1.82) is 0 Å². The third-order valence-electron chi connectivity index (χ3n) is 14.9. The molecule has 0 aromatic carbocycles. The molecule has 0 aromatic heterocycles. The summed E-state index contributed by atoms with van der Waals surface area (Å²) in [5.74, 6) is 0.944. The average molecular weight is 962 g/mol. The van der Waals surface area contributed by atoms with Gasteiger partial charge in [-0.3, -0.25) is 14.4 Å². The third kappa shape index (κ3) is 52.2. The molecule has 0 saturated carbocycles. The van der Waals surface area contributed by atoms with Gasteiger partial charge in [0.2, 0.25) is 0 Å². The van der Waals surface area contributed by atoms with Gasteiger partial charge < -0.3 is 14.2 Å². The second-order valence-electron chi connectivity index (χ2n) is 21.8. The molecule has 0 aliphatic rings. The molecule has 6 heteroatoms. The minimum absolute atomic E-state index is 0.0623. The highest BCUT2D eigenvalue weighted by atomic mass is 16.6. The third-order valence-corrected chi connectivity index (χ3v) is 14.9. The van der Waals surface area contributed by atoms with Gasteiger partial charge in [0.15, 0.2) is 6.10 Å². The van der Waals surface area contributed by atoms with Gasteiger partial charge in [-0.25, -0.2) is 0 Å². The zero-order chi connectivity index (χ0) is 49.6. The number of carbonyl (C=O) groups is 3. The maximum atomic E-state index is 12.9. The average Bonchev–Trinajstić information content (AvgIpc) is 3.34. The monoisotopic (exact) mass is 961 g/mol. The summed E-state index contributed by atoms with van der Waals surface area (Å²) < 4.78 is 16.9. The summed E-state index contributed by atoms with van der Waals surface area (Å²) in [4.78, 5) is 38.2. The summed E-state index contributed by atoms with van der Waals surface area (Å²) in [7, 11) is 0. The molecular weight excluding hydrogens is 841 g/mol. The molecule has 0 aliphatic carbocycles. The lowest BCUT2D eigenvalue weighted by molar-refractivity contribution is -0.167. The van der Waals surface area contributed by atoms with Crippen molar-refractivity contribution in [2.45, 2.75) is 355 Å². The minimum Gasteiger partial charge on any atom is -0.462 e. The normalized spacial score (nSPS) is 12.8. The molecule has 0 saturated heterocycles. The number of hydrogen-bond donors (Lipinski definition) is 0. The first-order chi connectivity index (χ1) is 33.3. The molecule has 6 nitrogen and oxygen atoms in total. The summed E-state index contributed by atoms with van der Waals surface area (Å²) >= 11 is 0. The smallest absolute Gasteiger partial charge is 0.306 e. The fourth-order valence-corrected chi connectivity index (χ4v) is 9.52. The van der Waals surface area contributed by atoms with Crippen LogP contribution in [0.25, 0.3) is 0 Å². The largest absolute Gasteiger partial charge is 0.462 e. The predicted octanol–water partition coefficient (Wildman–Crippen LogP) is 20.4. The molecule has 0 fully saturated rings. The van der Waals surface area contributed by atoms with E-state index in [0.29, 0.717) is 19.3 Å². The SMILES string of the molecule is CCCCCCCCCCCCCCCCC(=O)O[C@@H](COC(=O)CCCCCCCCCCCCCCCCCCCCC(C)CC)COC(=O)CCCCCCCCCCCCC(C)CC. The van der Waals surface area contributed by atoms with Crippen LogP contribution >= 0.6 is 0 Å². The van der Waals surface area contributed by atoms with Gasteiger partial charge in [-0.05, 0) is 31.1 Å². The van der Waals surface area contributed by atoms with Gasteiger partial charge in [-0.2, -0.15) is 0 Å². The maximum Gasteiger partial charge on any atom is 0.306 e. The van der Waals surface area contributed by atoms with Crippen LogP contribution in [-0.2, 0) is 28.6 Å². The van der Waals surface area contributed by atoms with Crippen molar-refractivity contribution in [2.75, 3.05) is 13.2 Å². The molecule has 0 aliphatic heterocycles. The highest BCUT2D eigenvalue weighted by Gasteiger charge is 2.19. The standard InChI is InChI=1S/C62H120O6/c1-6-9-10-11-12-13-14-15-23-27-34-39-44-49-54-62(65)68-59(56-67-61(64)53-48-43-38-33-29-28-31-36-41-46-51-58(5)8-3)55-66-60(63)52-47-42-37-32-26-24-21-19-17-16-18-20-22-25-30-35-40-45-50-57(4)7-2/h57-59H,6-56H2,1-5H3/t57?,58?,59-/m0/s1. The van der Waals surface area contributed by atoms with Crippen LogP contribution in [0.5, 0.6) is 0 Å². The summed E-state index contributed by atoms with van der Waals surface area (Å²) in [6, 6.07) is 0. The Morgan fingerprint density at radius 3 is 0.765 bits per heavy atom. The first kappa shape index (κ1) is 66.4. The van der Waals surface area contributed by atoms with Crippen LogP contribution in [0.1, 0.15) is 349 Å². The summed E-state index contributed by atoms with van der Waals surface area (Å²) in [6.45, 7) is 11.5. The Balaban J connectivity index is 4.24. The molecule has 0 spiro atoms. The molecule has 0 N–H and O–H groups in total.